The van der Waals surface area contributed by atoms with Gasteiger partial charge < -0.3 is 14.7 Å². The summed E-state index contributed by atoms with van der Waals surface area (Å²) in [5, 5.41) is 9.15. The molecule has 0 aromatic heterocycles. The van der Waals surface area contributed by atoms with E-state index in [4.69, 9.17) is 9.84 Å². The number of benzene rings is 1. The average Bonchev–Trinajstić information content (AvgIpc) is 2.54. The van der Waals surface area contributed by atoms with Gasteiger partial charge in [-0.1, -0.05) is 30.3 Å². The second kappa shape index (κ2) is 6.26. The lowest BCUT2D eigenvalue weighted by Crippen LogP contribution is -2.51. The number of amides is 1. The van der Waals surface area contributed by atoms with Gasteiger partial charge >= 0.3 is 5.97 Å². The second-order valence-corrected chi connectivity index (χ2v) is 5.53. The Labute approximate surface area is 124 Å². The SMILES string of the molecule is COC(C)(C(=O)N1CCC[C@H](C(=O)O)C1)c1ccccc1. The lowest BCUT2D eigenvalue weighted by atomic mass is 9.91. The molecule has 1 aliphatic heterocycles. The van der Waals surface area contributed by atoms with Crippen LogP contribution in [0.3, 0.4) is 0 Å². The van der Waals surface area contributed by atoms with Crippen LogP contribution in [0.2, 0.25) is 0 Å². The molecule has 0 saturated carbocycles. The number of likely N-dealkylation sites (tertiary alicyclic amines) is 1. The summed E-state index contributed by atoms with van der Waals surface area (Å²) in [6, 6.07) is 9.29. The molecule has 1 amide bonds. The highest BCUT2D eigenvalue weighted by molar-refractivity contribution is 5.87. The zero-order valence-corrected chi connectivity index (χ0v) is 12.4. The lowest BCUT2D eigenvalue weighted by Gasteiger charge is -2.37. The number of methoxy groups -OCH3 is 1. The fraction of sp³-hybridized carbons (Fsp3) is 0.500. The largest absolute Gasteiger partial charge is 0.481 e. The van der Waals surface area contributed by atoms with Crippen LogP contribution in [0, 0.1) is 5.92 Å². The summed E-state index contributed by atoms with van der Waals surface area (Å²) in [5.41, 5.74) is -0.309. The van der Waals surface area contributed by atoms with Gasteiger partial charge in [0.25, 0.3) is 5.91 Å². The van der Waals surface area contributed by atoms with Crippen LogP contribution in [0.25, 0.3) is 0 Å². The highest BCUT2D eigenvalue weighted by Crippen LogP contribution is 2.29. The molecule has 1 aromatic carbocycles. The van der Waals surface area contributed by atoms with E-state index in [0.717, 1.165) is 5.56 Å². The van der Waals surface area contributed by atoms with E-state index in [0.29, 0.717) is 19.4 Å². The molecule has 0 bridgehead atoms. The second-order valence-electron chi connectivity index (χ2n) is 5.53. The molecule has 0 spiro atoms. The van der Waals surface area contributed by atoms with Crippen molar-refractivity contribution >= 4 is 11.9 Å². The third kappa shape index (κ3) is 3.08. The molecule has 5 nitrogen and oxygen atoms in total. The van der Waals surface area contributed by atoms with E-state index < -0.39 is 17.5 Å². The van der Waals surface area contributed by atoms with Gasteiger partial charge in [-0.05, 0) is 25.3 Å². The maximum absolute atomic E-state index is 12.8. The average molecular weight is 291 g/mol. The van der Waals surface area contributed by atoms with Crippen LogP contribution in [-0.2, 0) is 19.9 Å². The third-order valence-corrected chi connectivity index (χ3v) is 4.20. The molecule has 2 atom stereocenters. The van der Waals surface area contributed by atoms with E-state index in [1.807, 2.05) is 30.3 Å². The number of hydrogen-bond donors (Lipinski definition) is 1. The molecular formula is C16H21NO4. The van der Waals surface area contributed by atoms with Crippen molar-refractivity contribution in [3.05, 3.63) is 35.9 Å². The van der Waals surface area contributed by atoms with Crippen molar-refractivity contribution in [2.45, 2.75) is 25.4 Å². The van der Waals surface area contributed by atoms with Gasteiger partial charge in [-0.25, -0.2) is 0 Å². The minimum atomic E-state index is -1.08. The Hall–Kier alpha value is -1.88. The van der Waals surface area contributed by atoms with Gasteiger partial charge in [-0.2, -0.15) is 0 Å². The normalized spacial score (nSPS) is 21.6. The van der Waals surface area contributed by atoms with Crippen LogP contribution in [0.1, 0.15) is 25.3 Å². The number of nitrogens with zero attached hydrogens (tertiary/aromatic N) is 1. The molecule has 21 heavy (non-hydrogen) atoms. The maximum atomic E-state index is 12.8. The number of aliphatic carboxylic acids is 1. The zero-order chi connectivity index (χ0) is 15.5. The van der Waals surface area contributed by atoms with Crippen molar-refractivity contribution in [1.29, 1.82) is 0 Å². The Bertz CT molecular complexity index is 516. The summed E-state index contributed by atoms with van der Waals surface area (Å²) in [6.07, 6.45) is 1.32. The summed E-state index contributed by atoms with van der Waals surface area (Å²) in [4.78, 5) is 25.6. The zero-order valence-electron chi connectivity index (χ0n) is 12.4. The van der Waals surface area contributed by atoms with Crippen molar-refractivity contribution in [3.63, 3.8) is 0 Å². The number of carbonyl (C=O) groups excluding carboxylic acids is 1. The number of ether oxygens (including phenoxy) is 1. The number of carboxylic acid groups (broad SMARTS) is 1. The van der Waals surface area contributed by atoms with E-state index in [1.54, 1.807) is 11.8 Å². The van der Waals surface area contributed by atoms with Gasteiger partial charge in [0.2, 0.25) is 0 Å². The summed E-state index contributed by atoms with van der Waals surface area (Å²) >= 11 is 0. The fourth-order valence-electron chi connectivity index (χ4n) is 2.75. The van der Waals surface area contributed by atoms with Crippen LogP contribution < -0.4 is 0 Å². The van der Waals surface area contributed by atoms with Crippen LogP contribution >= 0.6 is 0 Å². The molecular weight excluding hydrogens is 270 g/mol. The Morgan fingerprint density at radius 2 is 2.00 bits per heavy atom. The van der Waals surface area contributed by atoms with Gasteiger partial charge in [0, 0.05) is 20.2 Å². The van der Waals surface area contributed by atoms with E-state index in [-0.39, 0.29) is 12.5 Å². The Morgan fingerprint density at radius 1 is 1.33 bits per heavy atom. The van der Waals surface area contributed by atoms with Gasteiger partial charge in [-0.3, -0.25) is 9.59 Å². The Balaban J connectivity index is 2.22. The Morgan fingerprint density at radius 3 is 2.57 bits per heavy atom. The molecule has 0 aliphatic carbocycles. The van der Waals surface area contributed by atoms with Crippen molar-refractivity contribution in [2.75, 3.05) is 20.2 Å². The number of hydrogen-bond acceptors (Lipinski definition) is 3. The quantitative estimate of drug-likeness (QED) is 0.919. The van der Waals surface area contributed by atoms with Crippen LogP contribution in [0.4, 0.5) is 0 Å². The minimum Gasteiger partial charge on any atom is -0.481 e. The molecule has 1 N–H and O–H groups in total. The summed E-state index contributed by atoms with van der Waals surface area (Å²) in [7, 11) is 1.50. The predicted octanol–water partition coefficient (Wildman–Crippen LogP) is 1.87. The summed E-state index contributed by atoms with van der Waals surface area (Å²) in [6.45, 7) is 2.56. The molecule has 1 heterocycles. The third-order valence-electron chi connectivity index (χ3n) is 4.20. The highest BCUT2D eigenvalue weighted by atomic mass is 16.5. The van der Waals surface area contributed by atoms with Crippen LogP contribution in [0.5, 0.6) is 0 Å². The molecule has 114 valence electrons. The van der Waals surface area contributed by atoms with Crippen LogP contribution in [-0.4, -0.2) is 42.1 Å². The Kier molecular flexibility index (Phi) is 4.63. The molecule has 1 unspecified atom stereocenters. The molecule has 1 saturated heterocycles. The van der Waals surface area contributed by atoms with Crippen molar-refractivity contribution < 1.29 is 19.4 Å². The summed E-state index contributed by atoms with van der Waals surface area (Å²) < 4.78 is 5.50. The van der Waals surface area contributed by atoms with E-state index in [2.05, 4.69) is 0 Å². The first-order valence-corrected chi connectivity index (χ1v) is 7.12. The van der Waals surface area contributed by atoms with Crippen LogP contribution in [0.15, 0.2) is 30.3 Å². The maximum Gasteiger partial charge on any atom is 0.308 e. The standard InChI is InChI=1S/C16H21NO4/c1-16(21-2,13-8-4-3-5-9-13)15(20)17-10-6-7-12(11-17)14(18)19/h3-5,8-9,12H,6-7,10-11H2,1-2H3,(H,18,19)/t12-,16?/m0/s1. The van der Waals surface area contributed by atoms with Gasteiger partial charge in [0.05, 0.1) is 5.92 Å². The molecule has 0 radical (unpaired) electrons. The molecule has 2 rings (SSSR count). The minimum absolute atomic E-state index is 0.179. The van der Waals surface area contributed by atoms with E-state index in [1.165, 1.54) is 7.11 Å². The number of piperidine rings is 1. The van der Waals surface area contributed by atoms with Crippen molar-refractivity contribution in [3.8, 4) is 0 Å². The topological polar surface area (TPSA) is 66.8 Å². The molecule has 5 heteroatoms. The smallest absolute Gasteiger partial charge is 0.308 e. The number of carboxylic acids is 1. The van der Waals surface area contributed by atoms with Gasteiger partial charge in [0.15, 0.2) is 5.60 Å². The lowest BCUT2D eigenvalue weighted by molar-refractivity contribution is -0.158. The van der Waals surface area contributed by atoms with E-state index >= 15 is 0 Å². The first-order chi connectivity index (χ1) is 9.99. The van der Waals surface area contributed by atoms with E-state index in [9.17, 15) is 9.59 Å². The molecule has 1 fully saturated rings. The number of carbonyl (C=O) groups is 2. The number of rotatable bonds is 4. The van der Waals surface area contributed by atoms with Crippen molar-refractivity contribution in [1.82, 2.24) is 4.90 Å². The first-order valence-electron chi connectivity index (χ1n) is 7.12. The molecule has 1 aromatic rings. The highest BCUT2D eigenvalue weighted by Gasteiger charge is 2.40. The predicted molar refractivity (Wildman–Crippen MR) is 77.7 cm³/mol. The van der Waals surface area contributed by atoms with Gasteiger partial charge in [0.1, 0.15) is 0 Å². The fourth-order valence-corrected chi connectivity index (χ4v) is 2.75. The van der Waals surface area contributed by atoms with Crippen molar-refractivity contribution in [2.24, 2.45) is 5.92 Å². The summed E-state index contributed by atoms with van der Waals surface area (Å²) in [5.74, 6) is -1.51. The molecule has 1 aliphatic rings. The first kappa shape index (κ1) is 15.5. The monoisotopic (exact) mass is 291 g/mol. The van der Waals surface area contributed by atoms with Gasteiger partial charge in [-0.15, -0.1) is 0 Å².